The van der Waals surface area contributed by atoms with Crippen molar-refractivity contribution in [2.75, 3.05) is 6.54 Å². The highest BCUT2D eigenvalue weighted by Crippen LogP contribution is 2.08. The van der Waals surface area contributed by atoms with Gasteiger partial charge in [0.2, 0.25) is 0 Å². The summed E-state index contributed by atoms with van der Waals surface area (Å²) in [5.74, 6) is 0. The lowest BCUT2D eigenvalue weighted by Crippen LogP contribution is -1.96. The van der Waals surface area contributed by atoms with Crippen molar-refractivity contribution < 1.29 is 13.0 Å². The second-order valence-electron chi connectivity index (χ2n) is 3.43. The molecule has 0 fully saturated rings. The average Bonchev–Trinajstić information content (AvgIpc) is 2.19. The zero-order chi connectivity index (χ0) is 12.6. The summed E-state index contributed by atoms with van der Waals surface area (Å²) >= 11 is 0. The number of hydrogen-bond donors (Lipinski definition) is 2. The summed E-state index contributed by atoms with van der Waals surface area (Å²) in [5, 5.41) is 0. The third-order valence-electron chi connectivity index (χ3n) is 1.88. The molecule has 0 radical (unpaired) electrons. The van der Waals surface area contributed by atoms with Crippen molar-refractivity contribution >= 4 is 10.1 Å². The minimum absolute atomic E-state index is 0.0666. The molecule has 0 aliphatic carbocycles. The molecule has 0 spiro atoms. The Kier molecular flexibility index (Phi) is 6.96. The second kappa shape index (κ2) is 7.38. The quantitative estimate of drug-likeness (QED) is 0.798. The van der Waals surface area contributed by atoms with Crippen LogP contribution < -0.4 is 5.73 Å². The zero-order valence-electron chi connectivity index (χ0n) is 9.68. The lowest BCUT2D eigenvalue weighted by atomic mass is 10.2. The number of rotatable bonds is 3. The molecular weight excluding hydrogens is 226 g/mol. The Labute approximate surface area is 97.2 Å². The number of unbranched alkanes of at least 4 members (excludes halogenated alkanes) is 1. The smallest absolute Gasteiger partial charge is 0.294 e. The van der Waals surface area contributed by atoms with E-state index in [0.29, 0.717) is 0 Å². The summed E-state index contributed by atoms with van der Waals surface area (Å²) in [7, 11) is -4.02. The van der Waals surface area contributed by atoms with Crippen LogP contribution in [0.5, 0.6) is 0 Å². The first-order valence-electron chi connectivity index (χ1n) is 5.16. The zero-order valence-corrected chi connectivity index (χ0v) is 10.5. The van der Waals surface area contributed by atoms with Gasteiger partial charge in [0.15, 0.2) is 0 Å². The SMILES string of the molecule is CCCCN.Cc1ccc(S(=O)(=O)O)cc1. The standard InChI is InChI=1S/C7H8O3S.C4H11N/c1-6-2-4-7(5-3-6)11(8,9)10;1-2-3-4-5/h2-5H,1H3,(H,8,9,10);2-5H2,1H3. The van der Waals surface area contributed by atoms with Crippen molar-refractivity contribution in [1.82, 2.24) is 0 Å². The van der Waals surface area contributed by atoms with Crippen LogP contribution in [0.25, 0.3) is 0 Å². The Hall–Kier alpha value is -0.910. The molecule has 4 nitrogen and oxygen atoms in total. The van der Waals surface area contributed by atoms with Gasteiger partial charge in [0, 0.05) is 0 Å². The predicted molar refractivity (Wildman–Crippen MR) is 65.0 cm³/mol. The van der Waals surface area contributed by atoms with Gasteiger partial charge in [-0.15, -0.1) is 0 Å². The van der Waals surface area contributed by atoms with Crippen LogP contribution in [0.2, 0.25) is 0 Å². The van der Waals surface area contributed by atoms with Gasteiger partial charge in [-0.2, -0.15) is 8.42 Å². The van der Waals surface area contributed by atoms with Crippen molar-refractivity contribution in [2.24, 2.45) is 5.73 Å². The number of hydrogen-bond acceptors (Lipinski definition) is 3. The number of nitrogens with two attached hydrogens (primary N) is 1. The molecular formula is C11H19NO3S. The average molecular weight is 245 g/mol. The maximum absolute atomic E-state index is 10.5. The summed E-state index contributed by atoms with van der Waals surface area (Å²) in [5.41, 5.74) is 6.09. The fourth-order valence-electron chi connectivity index (χ4n) is 0.914. The molecule has 0 aliphatic rings. The van der Waals surface area contributed by atoms with Gasteiger partial charge >= 0.3 is 0 Å². The first kappa shape index (κ1) is 15.1. The summed E-state index contributed by atoms with van der Waals surface area (Å²) in [6.07, 6.45) is 2.39. The highest BCUT2D eigenvalue weighted by atomic mass is 32.2. The van der Waals surface area contributed by atoms with Gasteiger partial charge < -0.3 is 5.73 Å². The molecule has 0 saturated carbocycles. The number of benzene rings is 1. The van der Waals surface area contributed by atoms with Gasteiger partial charge in [0.05, 0.1) is 4.90 Å². The van der Waals surface area contributed by atoms with Crippen LogP contribution in [-0.2, 0) is 10.1 Å². The van der Waals surface area contributed by atoms with E-state index in [4.69, 9.17) is 10.3 Å². The molecule has 0 atom stereocenters. The molecule has 5 heteroatoms. The molecule has 0 heterocycles. The largest absolute Gasteiger partial charge is 0.330 e. The van der Waals surface area contributed by atoms with Crippen LogP contribution in [0, 0.1) is 6.92 Å². The van der Waals surface area contributed by atoms with Crippen molar-refractivity contribution in [3.63, 3.8) is 0 Å². The Morgan fingerprint density at radius 1 is 1.25 bits per heavy atom. The van der Waals surface area contributed by atoms with E-state index in [2.05, 4.69) is 6.92 Å². The summed E-state index contributed by atoms with van der Waals surface area (Å²) in [6, 6.07) is 5.99. The van der Waals surface area contributed by atoms with Crippen LogP contribution in [0.1, 0.15) is 25.3 Å². The molecule has 0 bridgehead atoms. The Balaban J connectivity index is 0.000000385. The molecule has 1 aromatic rings. The fraction of sp³-hybridized carbons (Fsp3) is 0.455. The lowest BCUT2D eigenvalue weighted by molar-refractivity contribution is 0.483. The molecule has 16 heavy (non-hydrogen) atoms. The molecule has 92 valence electrons. The van der Waals surface area contributed by atoms with E-state index in [-0.39, 0.29) is 4.90 Å². The van der Waals surface area contributed by atoms with Gasteiger partial charge in [-0.25, -0.2) is 0 Å². The molecule has 0 aliphatic heterocycles. The van der Waals surface area contributed by atoms with Crippen molar-refractivity contribution in [3.05, 3.63) is 29.8 Å². The third kappa shape index (κ3) is 6.55. The molecule has 0 unspecified atom stereocenters. The van der Waals surface area contributed by atoms with E-state index in [0.717, 1.165) is 12.1 Å². The molecule has 1 rings (SSSR count). The van der Waals surface area contributed by atoms with Gasteiger partial charge in [-0.3, -0.25) is 4.55 Å². The third-order valence-corrected chi connectivity index (χ3v) is 2.74. The van der Waals surface area contributed by atoms with Crippen molar-refractivity contribution in [3.8, 4) is 0 Å². The van der Waals surface area contributed by atoms with E-state index >= 15 is 0 Å². The van der Waals surface area contributed by atoms with Crippen LogP contribution >= 0.6 is 0 Å². The predicted octanol–water partition coefficient (Wildman–Crippen LogP) is 1.99. The molecule has 0 amide bonds. The van der Waals surface area contributed by atoms with Gasteiger partial charge in [0.1, 0.15) is 0 Å². The summed E-state index contributed by atoms with van der Waals surface area (Å²) < 4.78 is 29.6. The van der Waals surface area contributed by atoms with E-state index < -0.39 is 10.1 Å². The maximum Gasteiger partial charge on any atom is 0.294 e. The van der Waals surface area contributed by atoms with E-state index in [9.17, 15) is 8.42 Å². The lowest BCUT2D eigenvalue weighted by Gasteiger charge is -1.95. The minimum atomic E-state index is -4.02. The van der Waals surface area contributed by atoms with Crippen molar-refractivity contribution in [1.29, 1.82) is 0 Å². The first-order valence-corrected chi connectivity index (χ1v) is 6.60. The highest BCUT2D eigenvalue weighted by Gasteiger charge is 2.06. The van der Waals surface area contributed by atoms with E-state index in [1.54, 1.807) is 12.1 Å². The van der Waals surface area contributed by atoms with E-state index in [1.807, 2.05) is 6.92 Å². The molecule has 3 N–H and O–H groups in total. The second-order valence-corrected chi connectivity index (χ2v) is 4.85. The van der Waals surface area contributed by atoms with Crippen LogP contribution in [0.3, 0.4) is 0 Å². The Morgan fingerprint density at radius 2 is 1.75 bits per heavy atom. The number of aryl methyl sites for hydroxylation is 1. The van der Waals surface area contributed by atoms with Crippen LogP contribution in [-0.4, -0.2) is 19.5 Å². The van der Waals surface area contributed by atoms with Crippen molar-refractivity contribution in [2.45, 2.75) is 31.6 Å². The van der Waals surface area contributed by atoms with Crippen LogP contribution in [0.15, 0.2) is 29.2 Å². The van der Waals surface area contributed by atoms with Crippen LogP contribution in [0.4, 0.5) is 0 Å². The molecule has 1 aromatic carbocycles. The first-order chi connectivity index (χ1) is 7.41. The topological polar surface area (TPSA) is 80.4 Å². The monoisotopic (exact) mass is 245 g/mol. The molecule has 0 aromatic heterocycles. The Morgan fingerprint density at radius 3 is 2.00 bits per heavy atom. The van der Waals surface area contributed by atoms with Gasteiger partial charge in [-0.05, 0) is 32.0 Å². The van der Waals surface area contributed by atoms with Gasteiger partial charge in [-0.1, -0.05) is 31.0 Å². The van der Waals surface area contributed by atoms with E-state index in [1.165, 1.54) is 25.0 Å². The molecule has 0 saturated heterocycles. The maximum atomic E-state index is 10.5. The highest BCUT2D eigenvalue weighted by molar-refractivity contribution is 7.85. The Bertz CT molecular complexity index is 382. The summed E-state index contributed by atoms with van der Waals surface area (Å²) in [4.78, 5) is -0.0666. The normalized spacial score (nSPS) is 10.5. The fourth-order valence-corrected chi connectivity index (χ4v) is 1.39. The van der Waals surface area contributed by atoms with Gasteiger partial charge in [0.25, 0.3) is 10.1 Å². The minimum Gasteiger partial charge on any atom is -0.330 e. The summed E-state index contributed by atoms with van der Waals surface area (Å²) in [6.45, 7) is 4.82.